The third-order valence-corrected chi connectivity index (χ3v) is 5.24. The molecule has 3 aromatic rings. The van der Waals surface area contributed by atoms with E-state index in [-0.39, 0.29) is 36.4 Å². The minimum absolute atomic E-state index is 0.0717. The fraction of sp³-hybridized carbons (Fsp3) is 0.333. The van der Waals surface area contributed by atoms with Gasteiger partial charge in [0.1, 0.15) is 0 Å². The highest BCUT2D eigenvalue weighted by molar-refractivity contribution is 6.14. The van der Waals surface area contributed by atoms with E-state index < -0.39 is 17.6 Å². The summed E-state index contributed by atoms with van der Waals surface area (Å²) in [7, 11) is 0. The summed E-state index contributed by atoms with van der Waals surface area (Å²) in [6, 6.07) is 8.75. The van der Waals surface area contributed by atoms with Crippen LogP contribution < -0.4 is 5.43 Å². The van der Waals surface area contributed by atoms with Crippen LogP contribution >= 0.6 is 0 Å². The van der Waals surface area contributed by atoms with E-state index in [9.17, 15) is 23.1 Å². The summed E-state index contributed by atoms with van der Waals surface area (Å²) in [6.45, 7) is 5.36. The third-order valence-electron chi connectivity index (χ3n) is 5.24. The minimum atomic E-state index is -4.55. The number of hydrogen-bond acceptors (Lipinski definition) is 4. The number of aliphatic hydroxyl groups excluding tert-OH is 1. The fourth-order valence-electron chi connectivity index (χ4n) is 3.81. The number of hydrogen-bond donors (Lipinski definition) is 3. The Hall–Kier alpha value is -3.33. The maximum Gasteiger partial charge on any atom is 0.416 e. The molecule has 0 atom stereocenters. The van der Waals surface area contributed by atoms with Crippen molar-refractivity contribution in [2.45, 2.75) is 46.2 Å². The molecule has 1 heterocycles. The summed E-state index contributed by atoms with van der Waals surface area (Å²) in [5, 5.41) is 24.6. The highest BCUT2D eigenvalue weighted by Gasteiger charge is 2.32. The van der Waals surface area contributed by atoms with Crippen LogP contribution in [0, 0.1) is 13.8 Å². The summed E-state index contributed by atoms with van der Waals surface area (Å²) in [6.07, 6.45) is -3.90. The van der Waals surface area contributed by atoms with E-state index in [1.165, 1.54) is 10.6 Å². The SMILES string of the molecule is CC/C(=N/NC(=O)CCCO)c1c(O)n(-c2cc(C)cc(C)c2)c2cc(C(F)(F)F)ccc12. The first kappa shape index (κ1) is 24.3. The van der Waals surface area contributed by atoms with Gasteiger partial charge in [0.05, 0.1) is 22.4 Å². The van der Waals surface area contributed by atoms with E-state index in [1.54, 1.807) is 19.1 Å². The molecule has 0 saturated heterocycles. The standard InChI is InChI=1S/C24H26F3N3O3/c1-4-19(28-29-21(32)6-5-9-31)22-18-8-7-16(24(25,26)27)13-20(18)30(23(22)33)17-11-14(2)10-15(3)12-17/h7-8,10-13,31,33H,4-6,9H2,1-3H3,(H,29,32)/b28-19-. The lowest BCUT2D eigenvalue weighted by molar-refractivity contribution is -0.137. The number of carbonyl (C=O) groups excluding carboxylic acids is 1. The van der Waals surface area contributed by atoms with Crippen LogP contribution in [0.25, 0.3) is 16.6 Å². The number of alkyl halides is 3. The number of nitrogens with zero attached hydrogens (tertiary/aromatic N) is 2. The monoisotopic (exact) mass is 461 g/mol. The number of aryl methyl sites for hydroxylation is 2. The van der Waals surface area contributed by atoms with Crippen LogP contribution in [0.2, 0.25) is 0 Å². The van der Waals surface area contributed by atoms with Gasteiger partial charge in [-0.05, 0) is 62.1 Å². The van der Waals surface area contributed by atoms with Gasteiger partial charge in [0, 0.05) is 24.1 Å². The average molecular weight is 461 g/mol. The molecule has 2 aromatic carbocycles. The number of nitrogens with one attached hydrogen (secondary N) is 1. The molecule has 0 aliphatic heterocycles. The molecule has 176 valence electrons. The third kappa shape index (κ3) is 5.19. The lowest BCUT2D eigenvalue weighted by Crippen LogP contribution is -2.20. The largest absolute Gasteiger partial charge is 0.494 e. The van der Waals surface area contributed by atoms with E-state index in [2.05, 4.69) is 10.5 Å². The van der Waals surface area contributed by atoms with Crippen LogP contribution in [-0.2, 0) is 11.0 Å². The number of amides is 1. The van der Waals surface area contributed by atoms with E-state index in [0.29, 0.717) is 23.2 Å². The predicted molar refractivity (Wildman–Crippen MR) is 121 cm³/mol. The molecular formula is C24H26F3N3O3. The highest BCUT2D eigenvalue weighted by atomic mass is 19.4. The van der Waals surface area contributed by atoms with Crippen LogP contribution in [0.4, 0.5) is 13.2 Å². The van der Waals surface area contributed by atoms with Crippen molar-refractivity contribution in [1.29, 1.82) is 0 Å². The molecule has 33 heavy (non-hydrogen) atoms. The second kappa shape index (κ2) is 9.66. The van der Waals surface area contributed by atoms with E-state index in [1.807, 2.05) is 19.9 Å². The summed E-state index contributed by atoms with van der Waals surface area (Å²) in [4.78, 5) is 11.9. The van der Waals surface area contributed by atoms with E-state index in [0.717, 1.165) is 23.3 Å². The molecule has 6 nitrogen and oxygen atoms in total. The Morgan fingerprint density at radius 1 is 1.12 bits per heavy atom. The van der Waals surface area contributed by atoms with Gasteiger partial charge in [0.25, 0.3) is 0 Å². The Morgan fingerprint density at radius 2 is 1.79 bits per heavy atom. The van der Waals surface area contributed by atoms with Crippen LogP contribution in [0.1, 0.15) is 48.4 Å². The van der Waals surface area contributed by atoms with Crippen molar-refractivity contribution < 1.29 is 28.2 Å². The zero-order valence-corrected chi connectivity index (χ0v) is 18.6. The first-order valence-corrected chi connectivity index (χ1v) is 10.6. The van der Waals surface area contributed by atoms with Gasteiger partial charge in [-0.1, -0.05) is 19.1 Å². The topological polar surface area (TPSA) is 86.8 Å². The number of aliphatic hydroxyl groups is 1. The van der Waals surface area contributed by atoms with E-state index >= 15 is 0 Å². The number of aromatic hydroxyl groups is 1. The van der Waals surface area contributed by atoms with Crippen molar-refractivity contribution in [3.05, 3.63) is 58.7 Å². The van der Waals surface area contributed by atoms with Gasteiger partial charge in [-0.15, -0.1) is 0 Å². The van der Waals surface area contributed by atoms with Crippen molar-refractivity contribution in [3.63, 3.8) is 0 Å². The van der Waals surface area contributed by atoms with Crippen LogP contribution in [0.15, 0.2) is 41.5 Å². The second-order valence-electron chi connectivity index (χ2n) is 7.88. The summed E-state index contributed by atoms with van der Waals surface area (Å²) < 4.78 is 41.8. The van der Waals surface area contributed by atoms with Gasteiger partial charge in [-0.25, -0.2) is 5.43 Å². The van der Waals surface area contributed by atoms with Crippen molar-refractivity contribution in [1.82, 2.24) is 9.99 Å². The van der Waals surface area contributed by atoms with Gasteiger partial charge < -0.3 is 10.2 Å². The zero-order valence-electron chi connectivity index (χ0n) is 18.6. The number of halogens is 3. The van der Waals surface area contributed by atoms with Crippen molar-refractivity contribution >= 4 is 22.5 Å². The molecule has 0 saturated carbocycles. The maximum atomic E-state index is 13.5. The molecule has 3 N–H and O–H groups in total. The first-order chi connectivity index (χ1) is 15.6. The average Bonchev–Trinajstić information content (AvgIpc) is 3.02. The molecule has 0 radical (unpaired) electrons. The zero-order chi connectivity index (χ0) is 24.3. The van der Waals surface area contributed by atoms with Gasteiger partial charge in [0.2, 0.25) is 11.8 Å². The Labute approximate surface area is 189 Å². The van der Waals surface area contributed by atoms with Crippen molar-refractivity contribution in [2.24, 2.45) is 5.10 Å². The smallest absolute Gasteiger partial charge is 0.416 e. The van der Waals surface area contributed by atoms with Crippen molar-refractivity contribution in [2.75, 3.05) is 6.61 Å². The van der Waals surface area contributed by atoms with Crippen LogP contribution in [0.5, 0.6) is 5.88 Å². The number of aromatic nitrogens is 1. The molecule has 0 unspecified atom stereocenters. The lowest BCUT2D eigenvalue weighted by atomic mass is 10.0. The highest BCUT2D eigenvalue weighted by Crippen LogP contribution is 2.39. The Bertz CT molecular complexity index is 1190. The number of benzene rings is 2. The Kier molecular flexibility index (Phi) is 7.12. The molecule has 0 aliphatic carbocycles. The summed E-state index contributed by atoms with van der Waals surface area (Å²) >= 11 is 0. The van der Waals surface area contributed by atoms with Gasteiger partial charge in [0.15, 0.2) is 0 Å². The second-order valence-corrected chi connectivity index (χ2v) is 7.88. The molecule has 9 heteroatoms. The number of hydrazone groups is 1. The molecule has 0 aliphatic rings. The normalized spacial score (nSPS) is 12.4. The number of fused-ring (bicyclic) bond motifs is 1. The summed E-state index contributed by atoms with van der Waals surface area (Å²) in [5.74, 6) is -0.675. The molecule has 0 fully saturated rings. The van der Waals surface area contributed by atoms with Crippen LogP contribution in [0.3, 0.4) is 0 Å². The van der Waals surface area contributed by atoms with Crippen molar-refractivity contribution in [3.8, 4) is 11.6 Å². The fourth-order valence-corrected chi connectivity index (χ4v) is 3.81. The quantitative estimate of drug-likeness (QED) is 0.343. The van der Waals surface area contributed by atoms with Crippen LogP contribution in [-0.4, -0.2) is 33.0 Å². The molecule has 0 spiro atoms. The molecule has 1 amide bonds. The Balaban J connectivity index is 2.25. The minimum Gasteiger partial charge on any atom is -0.494 e. The van der Waals surface area contributed by atoms with E-state index in [4.69, 9.17) is 5.11 Å². The first-order valence-electron chi connectivity index (χ1n) is 10.6. The number of rotatable bonds is 7. The van der Waals surface area contributed by atoms with Gasteiger partial charge in [-0.3, -0.25) is 9.36 Å². The molecular weight excluding hydrogens is 435 g/mol. The Morgan fingerprint density at radius 3 is 2.36 bits per heavy atom. The number of carbonyl (C=O) groups is 1. The van der Waals surface area contributed by atoms with Gasteiger partial charge in [-0.2, -0.15) is 18.3 Å². The lowest BCUT2D eigenvalue weighted by Gasteiger charge is -2.11. The predicted octanol–water partition coefficient (Wildman–Crippen LogP) is 4.97. The van der Waals surface area contributed by atoms with Gasteiger partial charge >= 0.3 is 6.18 Å². The maximum absolute atomic E-state index is 13.5. The molecule has 1 aromatic heterocycles. The molecule has 0 bridgehead atoms. The molecule has 3 rings (SSSR count). The summed E-state index contributed by atoms with van der Waals surface area (Å²) in [5.41, 5.74) is 4.60.